The zero-order valence-electron chi connectivity index (χ0n) is 20.1. The molecular weight excluding hydrogens is 472 g/mol. The van der Waals surface area contributed by atoms with Crippen LogP contribution in [0.15, 0.2) is 41.8 Å². The molecule has 0 saturated heterocycles. The Kier molecular flexibility index (Phi) is 8.91. The molecule has 1 amide bonds. The van der Waals surface area contributed by atoms with Crippen LogP contribution in [-0.2, 0) is 16.0 Å². The molecule has 0 aliphatic carbocycles. The third kappa shape index (κ3) is 6.42. The van der Waals surface area contributed by atoms with Gasteiger partial charge in [-0.15, -0.1) is 11.3 Å². The Bertz CT molecular complexity index is 1180. The maximum Gasteiger partial charge on any atom is 0.303 e. The van der Waals surface area contributed by atoms with Crippen LogP contribution in [-0.4, -0.2) is 57.0 Å². The van der Waals surface area contributed by atoms with Crippen molar-refractivity contribution < 1.29 is 33.6 Å². The molecular formula is C25H28N2O7S. The number of carbonyl (C=O) groups excluding carboxylic acids is 1. The van der Waals surface area contributed by atoms with E-state index in [4.69, 9.17) is 24.1 Å². The molecule has 0 aliphatic heterocycles. The number of methoxy groups -OCH3 is 4. The number of hydrogen-bond acceptors (Lipinski definition) is 8. The molecule has 1 aromatic heterocycles. The fraction of sp³-hybridized carbons (Fsp3) is 0.320. The van der Waals surface area contributed by atoms with Gasteiger partial charge >= 0.3 is 5.97 Å². The van der Waals surface area contributed by atoms with E-state index in [1.807, 2.05) is 23.6 Å². The van der Waals surface area contributed by atoms with Gasteiger partial charge in [-0.25, -0.2) is 4.98 Å². The van der Waals surface area contributed by atoms with E-state index in [0.29, 0.717) is 46.8 Å². The van der Waals surface area contributed by atoms with E-state index >= 15 is 0 Å². The summed E-state index contributed by atoms with van der Waals surface area (Å²) in [6, 6.07) is 11.0. The Morgan fingerprint density at radius 2 is 1.63 bits per heavy atom. The van der Waals surface area contributed by atoms with Crippen LogP contribution in [0.3, 0.4) is 0 Å². The number of benzene rings is 2. The number of nitrogens with zero attached hydrogens (tertiary/aromatic N) is 2. The normalized spacial score (nSPS) is 10.5. The van der Waals surface area contributed by atoms with Crippen molar-refractivity contribution >= 4 is 28.3 Å². The van der Waals surface area contributed by atoms with Crippen LogP contribution in [0.1, 0.15) is 18.4 Å². The first kappa shape index (κ1) is 25.8. The summed E-state index contributed by atoms with van der Waals surface area (Å²) in [6.45, 7) is 0.316. The van der Waals surface area contributed by atoms with Crippen molar-refractivity contribution in [3.8, 4) is 34.3 Å². The molecule has 10 heteroatoms. The molecule has 0 unspecified atom stereocenters. The standard InChI is InChI=1S/C25H28N2O7S/c1-31-17-6-8-20(32-2)18(14-17)19-15-35-25(26-19)27(23(28)9-10-24(29)30)12-11-16-5-7-21(33-3)22(13-16)34-4/h5-8,13-15H,9-12H2,1-4H3,(H,29,30). The van der Waals surface area contributed by atoms with Crippen LogP contribution >= 0.6 is 11.3 Å². The van der Waals surface area contributed by atoms with Gasteiger partial charge in [-0.1, -0.05) is 6.07 Å². The average Bonchev–Trinajstić information content (AvgIpc) is 3.36. The lowest BCUT2D eigenvalue weighted by Gasteiger charge is -2.20. The Hall–Kier alpha value is -3.79. The summed E-state index contributed by atoms with van der Waals surface area (Å²) in [5, 5.41) is 11.4. The number of ether oxygens (including phenoxy) is 4. The highest BCUT2D eigenvalue weighted by Gasteiger charge is 2.22. The molecule has 1 heterocycles. The van der Waals surface area contributed by atoms with Gasteiger partial charge in [0.1, 0.15) is 11.5 Å². The summed E-state index contributed by atoms with van der Waals surface area (Å²) in [5.41, 5.74) is 2.29. The lowest BCUT2D eigenvalue weighted by Crippen LogP contribution is -2.33. The minimum atomic E-state index is -1.03. The lowest BCUT2D eigenvalue weighted by molar-refractivity contribution is -0.138. The topological polar surface area (TPSA) is 107 Å². The van der Waals surface area contributed by atoms with Crippen LogP contribution in [0, 0.1) is 0 Å². The summed E-state index contributed by atoms with van der Waals surface area (Å²) in [7, 11) is 6.28. The van der Waals surface area contributed by atoms with E-state index in [9.17, 15) is 9.59 Å². The number of carboxylic acids is 1. The van der Waals surface area contributed by atoms with E-state index in [0.717, 1.165) is 11.1 Å². The third-order valence-corrected chi connectivity index (χ3v) is 6.19. The molecule has 186 valence electrons. The number of amides is 1. The fourth-order valence-electron chi connectivity index (χ4n) is 3.48. The highest BCUT2D eigenvalue weighted by Crippen LogP contribution is 2.36. The zero-order chi connectivity index (χ0) is 25.4. The first-order valence-corrected chi connectivity index (χ1v) is 11.7. The summed E-state index contributed by atoms with van der Waals surface area (Å²) in [5.74, 6) is 1.14. The molecule has 35 heavy (non-hydrogen) atoms. The molecule has 1 N–H and O–H groups in total. The SMILES string of the molecule is COc1ccc(OC)c(-c2csc(N(CCc3ccc(OC)c(OC)c3)C(=O)CCC(=O)O)n2)c1. The number of rotatable bonds is 12. The van der Waals surface area contributed by atoms with E-state index in [1.54, 1.807) is 46.6 Å². The molecule has 0 bridgehead atoms. The second-order valence-corrected chi connectivity index (χ2v) is 8.30. The van der Waals surface area contributed by atoms with Gasteiger partial charge in [-0.3, -0.25) is 14.5 Å². The number of hydrogen-bond donors (Lipinski definition) is 1. The van der Waals surface area contributed by atoms with Crippen LogP contribution in [0.5, 0.6) is 23.0 Å². The summed E-state index contributed by atoms with van der Waals surface area (Å²) < 4.78 is 21.5. The Morgan fingerprint density at radius 1 is 0.914 bits per heavy atom. The van der Waals surface area contributed by atoms with E-state index in [1.165, 1.54) is 16.2 Å². The Labute approximate surface area is 207 Å². The Morgan fingerprint density at radius 3 is 2.29 bits per heavy atom. The van der Waals surface area contributed by atoms with E-state index < -0.39 is 5.97 Å². The van der Waals surface area contributed by atoms with Crippen LogP contribution < -0.4 is 23.8 Å². The van der Waals surface area contributed by atoms with Crippen molar-refractivity contribution in [1.82, 2.24) is 4.98 Å². The summed E-state index contributed by atoms with van der Waals surface area (Å²) in [6.07, 6.45) is 0.128. The summed E-state index contributed by atoms with van der Waals surface area (Å²) >= 11 is 1.30. The first-order valence-electron chi connectivity index (χ1n) is 10.8. The number of carbonyl (C=O) groups is 2. The van der Waals surface area contributed by atoms with Gasteiger partial charge in [0.25, 0.3) is 0 Å². The van der Waals surface area contributed by atoms with Crippen molar-refractivity contribution in [3.05, 3.63) is 47.3 Å². The van der Waals surface area contributed by atoms with Crippen molar-refractivity contribution in [2.75, 3.05) is 39.9 Å². The molecule has 0 saturated carbocycles. The Balaban J connectivity index is 1.89. The van der Waals surface area contributed by atoms with Gasteiger partial charge in [0.05, 0.1) is 40.6 Å². The monoisotopic (exact) mass is 500 g/mol. The van der Waals surface area contributed by atoms with Gasteiger partial charge < -0.3 is 24.1 Å². The number of thiazole rings is 1. The maximum atomic E-state index is 13.0. The average molecular weight is 501 g/mol. The number of carboxylic acid groups (broad SMARTS) is 1. The zero-order valence-corrected chi connectivity index (χ0v) is 20.9. The van der Waals surface area contributed by atoms with Gasteiger partial charge in [-0.05, 0) is 42.3 Å². The maximum absolute atomic E-state index is 13.0. The number of aromatic nitrogens is 1. The molecule has 2 aromatic carbocycles. The number of anilines is 1. The lowest BCUT2D eigenvalue weighted by atomic mass is 10.1. The van der Waals surface area contributed by atoms with Crippen molar-refractivity contribution in [2.45, 2.75) is 19.3 Å². The van der Waals surface area contributed by atoms with E-state index in [2.05, 4.69) is 4.98 Å². The van der Waals surface area contributed by atoms with Gasteiger partial charge in [0.15, 0.2) is 16.6 Å². The second-order valence-electron chi connectivity index (χ2n) is 7.46. The highest BCUT2D eigenvalue weighted by molar-refractivity contribution is 7.14. The van der Waals surface area contributed by atoms with Crippen molar-refractivity contribution in [3.63, 3.8) is 0 Å². The van der Waals surface area contributed by atoms with Gasteiger partial charge in [0.2, 0.25) is 5.91 Å². The van der Waals surface area contributed by atoms with Crippen LogP contribution in [0.25, 0.3) is 11.3 Å². The highest BCUT2D eigenvalue weighted by atomic mass is 32.1. The van der Waals surface area contributed by atoms with Gasteiger partial charge in [-0.2, -0.15) is 0 Å². The smallest absolute Gasteiger partial charge is 0.303 e. The van der Waals surface area contributed by atoms with E-state index in [-0.39, 0.29) is 18.7 Å². The first-order chi connectivity index (χ1) is 16.9. The number of aliphatic carboxylic acids is 1. The predicted octanol–water partition coefficient (Wildman–Crippen LogP) is 4.29. The fourth-order valence-corrected chi connectivity index (χ4v) is 4.35. The molecule has 0 radical (unpaired) electrons. The van der Waals surface area contributed by atoms with Crippen molar-refractivity contribution in [1.29, 1.82) is 0 Å². The molecule has 0 atom stereocenters. The molecule has 3 rings (SSSR count). The largest absolute Gasteiger partial charge is 0.497 e. The van der Waals surface area contributed by atoms with Gasteiger partial charge in [0, 0.05) is 23.9 Å². The minimum Gasteiger partial charge on any atom is -0.497 e. The van der Waals surface area contributed by atoms with Crippen molar-refractivity contribution in [2.24, 2.45) is 0 Å². The molecule has 3 aromatic rings. The summed E-state index contributed by atoms with van der Waals surface area (Å²) in [4.78, 5) is 30.3. The minimum absolute atomic E-state index is 0.126. The molecule has 0 fully saturated rings. The molecule has 9 nitrogen and oxygen atoms in total. The molecule has 0 spiro atoms. The second kappa shape index (κ2) is 12.1. The molecule has 0 aliphatic rings. The quantitative estimate of drug-likeness (QED) is 0.393. The predicted molar refractivity (Wildman–Crippen MR) is 133 cm³/mol. The van der Waals surface area contributed by atoms with Crippen LogP contribution in [0.4, 0.5) is 5.13 Å². The third-order valence-electron chi connectivity index (χ3n) is 5.33. The van der Waals surface area contributed by atoms with Crippen LogP contribution in [0.2, 0.25) is 0 Å².